The molecule has 18 heavy (non-hydrogen) atoms. The van der Waals surface area contributed by atoms with Gasteiger partial charge in [0.2, 0.25) is 0 Å². The molecule has 0 aliphatic carbocycles. The fraction of sp³-hybridized carbons (Fsp3) is 0.333. The van der Waals surface area contributed by atoms with E-state index in [1.807, 2.05) is 0 Å². The summed E-state index contributed by atoms with van der Waals surface area (Å²) in [5.41, 5.74) is -0.406. The van der Waals surface area contributed by atoms with Gasteiger partial charge in [0.25, 0.3) is 0 Å². The maximum absolute atomic E-state index is 12.1. The highest BCUT2D eigenvalue weighted by Gasteiger charge is 2.46. The lowest BCUT2D eigenvalue weighted by Crippen LogP contribution is -2.29. The normalized spacial score (nSPS) is 12.2. The van der Waals surface area contributed by atoms with Crippen molar-refractivity contribution in [2.24, 2.45) is 5.73 Å². The number of alkyl halides is 3. The van der Waals surface area contributed by atoms with Crippen LogP contribution in [0.3, 0.4) is 0 Å². The maximum Gasteiger partial charge on any atom is 0.516 e. The Bertz CT molecular complexity index is 502. The summed E-state index contributed by atoms with van der Waals surface area (Å²) < 4.78 is 64.5. The standard InChI is InChI=1S/C9H11F3N2O3S/c10-9(11,12)18(15,16)14-7-2-1-3-8(6-7)17-5-4-13/h1-3,6,14H,4-5,13H2. The lowest BCUT2D eigenvalue weighted by Gasteiger charge is -2.11. The molecule has 0 bridgehead atoms. The van der Waals surface area contributed by atoms with Gasteiger partial charge in [-0.15, -0.1) is 0 Å². The fourth-order valence-corrected chi connectivity index (χ4v) is 1.59. The third-order valence-electron chi connectivity index (χ3n) is 1.78. The van der Waals surface area contributed by atoms with Gasteiger partial charge in [0, 0.05) is 12.6 Å². The molecule has 0 unspecified atom stereocenters. The molecule has 0 heterocycles. The first-order valence-electron chi connectivity index (χ1n) is 4.78. The van der Waals surface area contributed by atoms with Crippen LogP contribution in [-0.4, -0.2) is 27.1 Å². The minimum absolute atomic E-state index is 0.176. The van der Waals surface area contributed by atoms with Crippen molar-refractivity contribution in [3.05, 3.63) is 24.3 Å². The molecule has 3 N–H and O–H groups in total. The van der Waals surface area contributed by atoms with Crippen molar-refractivity contribution in [1.29, 1.82) is 0 Å². The van der Waals surface area contributed by atoms with E-state index in [-0.39, 0.29) is 24.6 Å². The zero-order chi connectivity index (χ0) is 13.8. The van der Waals surface area contributed by atoms with Gasteiger partial charge in [0.15, 0.2) is 0 Å². The Kier molecular flexibility index (Phi) is 4.41. The topological polar surface area (TPSA) is 81.4 Å². The van der Waals surface area contributed by atoms with Gasteiger partial charge >= 0.3 is 15.5 Å². The lowest BCUT2D eigenvalue weighted by atomic mass is 10.3. The van der Waals surface area contributed by atoms with Crippen LogP contribution in [0.1, 0.15) is 0 Å². The summed E-state index contributed by atoms with van der Waals surface area (Å²) in [7, 11) is -5.42. The molecule has 0 aromatic heterocycles. The number of rotatable bonds is 5. The van der Waals surface area contributed by atoms with Crippen LogP contribution < -0.4 is 15.2 Å². The van der Waals surface area contributed by atoms with Crippen LogP contribution in [0.4, 0.5) is 18.9 Å². The molecule has 1 aromatic rings. The zero-order valence-corrected chi connectivity index (χ0v) is 9.88. The second-order valence-corrected chi connectivity index (χ2v) is 4.89. The Hall–Kier alpha value is -1.48. The number of benzene rings is 1. The highest BCUT2D eigenvalue weighted by Crippen LogP contribution is 2.26. The van der Waals surface area contributed by atoms with Gasteiger partial charge in [-0.1, -0.05) is 6.07 Å². The van der Waals surface area contributed by atoms with Crippen LogP contribution >= 0.6 is 0 Å². The van der Waals surface area contributed by atoms with Gasteiger partial charge in [0.05, 0.1) is 5.69 Å². The number of anilines is 1. The Morgan fingerprint density at radius 3 is 2.56 bits per heavy atom. The smallest absolute Gasteiger partial charge is 0.492 e. The van der Waals surface area contributed by atoms with E-state index in [9.17, 15) is 21.6 Å². The molecule has 9 heteroatoms. The molecule has 0 saturated carbocycles. The number of ether oxygens (including phenoxy) is 1. The van der Waals surface area contributed by atoms with Crippen molar-refractivity contribution in [2.45, 2.75) is 5.51 Å². The summed E-state index contributed by atoms with van der Waals surface area (Å²) >= 11 is 0. The molecule has 102 valence electrons. The first-order valence-corrected chi connectivity index (χ1v) is 6.26. The third kappa shape index (κ3) is 3.77. The van der Waals surface area contributed by atoms with E-state index in [1.165, 1.54) is 22.9 Å². The fourth-order valence-electron chi connectivity index (χ4n) is 1.04. The molecule has 0 fully saturated rings. The van der Waals surface area contributed by atoms with E-state index in [1.54, 1.807) is 0 Å². The first kappa shape index (κ1) is 14.6. The van der Waals surface area contributed by atoms with Crippen molar-refractivity contribution in [3.8, 4) is 5.75 Å². The van der Waals surface area contributed by atoms with Crippen LogP contribution in [0, 0.1) is 0 Å². The van der Waals surface area contributed by atoms with Crippen LogP contribution in [0.5, 0.6) is 5.75 Å². The Labute approximate surface area is 102 Å². The summed E-state index contributed by atoms with van der Waals surface area (Å²) in [6.45, 7) is 0.411. The lowest BCUT2D eigenvalue weighted by molar-refractivity contribution is -0.0429. The highest BCUT2D eigenvalue weighted by molar-refractivity contribution is 7.93. The predicted octanol–water partition coefficient (Wildman–Crippen LogP) is 1.29. The summed E-state index contributed by atoms with van der Waals surface area (Å²) in [5, 5.41) is 0. The van der Waals surface area contributed by atoms with Crippen LogP contribution in [0.25, 0.3) is 0 Å². The number of sulfonamides is 1. The second-order valence-electron chi connectivity index (χ2n) is 3.22. The van der Waals surface area contributed by atoms with Crippen molar-refractivity contribution in [2.75, 3.05) is 17.9 Å². The maximum atomic E-state index is 12.1. The van der Waals surface area contributed by atoms with Crippen LogP contribution in [-0.2, 0) is 10.0 Å². The Balaban J connectivity index is 2.86. The predicted molar refractivity (Wildman–Crippen MR) is 59.6 cm³/mol. The number of nitrogens with one attached hydrogen (secondary N) is 1. The molecule has 0 radical (unpaired) electrons. The molecule has 1 aromatic carbocycles. The minimum atomic E-state index is -5.42. The average Bonchev–Trinajstić information content (AvgIpc) is 2.24. The number of halogens is 3. The van der Waals surface area contributed by atoms with E-state index in [4.69, 9.17) is 10.5 Å². The Morgan fingerprint density at radius 1 is 1.33 bits per heavy atom. The SMILES string of the molecule is NCCOc1cccc(NS(=O)(=O)C(F)(F)F)c1. The van der Waals surface area contributed by atoms with Crippen molar-refractivity contribution >= 4 is 15.7 Å². The van der Waals surface area contributed by atoms with Crippen molar-refractivity contribution < 1.29 is 26.3 Å². The van der Waals surface area contributed by atoms with E-state index >= 15 is 0 Å². The molecule has 5 nitrogen and oxygen atoms in total. The largest absolute Gasteiger partial charge is 0.516 e. The monoisotopic (exact) mass is 284 g/mol. The minimum Gasteiger partial charge on any atom is -0.492 e. The molecule has 0 atom stereocenters. The number of nitrogens with two attached hydrogens (primary N) is 1. The van der Waals surface area contributed by atoms with Gasteiger partial charge in [-0.25, -0.2) is 0 Å². The van der Waals surface area contributed by atoms with Crippen molar-refractivity contribution in [3.63, 3.8) is 0 Å². The zero-order valence-electron chi connectivity index (χ0n) is 9.07. The summed E-state index contributed by atoms with van der Waals surface area (Å²) in [5.74, 6) is 0.225. The quantitative estimate of drug-likeness (QED) is 0.853. The van der Waals surface area contributed by atoms with Crippen LogP contribution in [0.2, 0.25) is 0 Å². The van der Waals surface area contributed by atoms with Crippen molar-refractivity contribution in [1.82, 2.24) is 0 Å². The van der Waals surface area contributed by atoms with Gasteiger partial charge in [-0.05, 0) is 12.1 Å². The second kappa shape index (κ2) is 5.44. The molecule has 0 spiro atoms. The van der Waals surface area contributed by atoms with Gasteiger partial charge in [0.1, 0.15) is 12.4 Å². The van der Waals surface area contributed by atoms with E-state index in [2.05, 4.69) is 0 Å². The molecule has 1 rings (SSSR count). The summed E-state index contributed by atoms with van der Waals surface area (Å²) in [4.78, 5) is 0. The third-order valence-corrected chi connectivity index (χ3v) is 2.89. The molecule has 0 amide bonds. The highest BCUT2D eigenvalue weighted by atomic mass is 32.2. The molecular formula is C9H11F3N2O3S. The molecule has 0 aliphatic rings. The van der Waals surface area contributed by atoms with E-state index < -0.39 is 15.5 Å². The number of hydrogen-bond donors (Lipinski definition) is 2. The Morgan fingerprint density at radius 2 is 2.00 bits per heavy atom. The molecule has 0 saturated heterocycles. The van der Waals surface area contributed by atoms with Gasteiger partial charge < -0.3 is 10.5 Å². The first-order chi connectivity index (χ1) is 8.26. The number of hydrogen-bond acceptors (Lipinski definition) is 4. The summed E-state index contributed by atoms with van der Waals surface area (Å²) in [6.07, 6.45) is 0. The van der Waals surface area contributed by atoms with Gasteiger partial charge in [-0.2, -0.15) is 21.6 Å². The average molecular weight is 284 g/mol. The van der Waals surface area contributed by atoms with Gasteiger partial charge in [-0.3, -0.25) is 4.72 Å². The van der Waals surface area contributed by atoms with Crippen LogP contribution in [0.15, 0.2) is 24.3 Å². The molecule has 0 aliphatic heterocycles. The molecular weight excluding hydrogens is 273 g/mol. The van der Waals surface area contributed by atoms with E-state index in [0.29, 0.717) is 0 Å². The van der Waals surface area contributed by atoms with E-state index in [0.717, 1.165) is 6.07 Å². The summed E-state index contributed by atoms with van der Waals surface area (Å²) in [6, 6.07) is 5.15.